The van der Waals surface area contributed by atoms with Crippen LogP contribution in [0.5, 0.6) is 0 Å². The van der Waals surface area contributed by atoms with Gasteiger partial charge in [0.2, 0.25) is 0 Å². The maximum absolute atomic E-state index is 11.0. The van der Waals surface area contributed by atoms with Crippen LogP contribution in [0.1, 0.15) is 45.4 Å². The van der Waals surface area contributed by atoms with E-state index in [0.29, 0.717) is 12.1 Å². The summed E-state index contributed by atoms with van der Waals surface area (Å²) >= 11 is 0. The van der Waals surface area contributed by atoms with Gasteiger partial charge in [-0.25, -0.2) is 0 Å². The summed E-state index contributed by atoms with van der Waals surface area (Å²) in [6.07, 6.45) is 6.77. The van der Waals surface area contributed by atoms with Crippen LogP contribution >= 0.6 is 0 Å². The van der Waals surface area contributed by atoms with E-state index < -0.39 is 5.97 Å². The van der Waals surface area contributed by atoms with Gasteiger partial charge in [0.25, 0.3) is 0 Å². The van der Waals surface area contributed by atoms with Crippen LogP contribution in [0.4, 0.5) is 0 Å². The van der Waals surface area contributed by atoms with Crippen molar-refractivity contribution in [2.75, 3.05) is 20.1 Å². The van der Waals surface area contributed by atoms with E-state index in [1.807, 2.05) is 0 Å². The van der Waals surface area contributed by atoms with Crippen LogP contribution in [-0.2, 0) is 4.79 Å². The Balaban J connectivity index is 2.04. The Bertz CT molecular complexity index is 290. The van der Waals surface area contributed by atoms with Gasteiger partial charge in [0, 0.05) is 31.2 Å². The first kappa shape index (κ1) is 13.8. The van der Waals surface area contributed by atoms with Crippen molar-refractivity contribution in [3.8, 4) is 0 Å². The largest absolute Gasteiger partial charge is 0.481 e. The number of likely N-dealkylation sites (N-methyl/N-ethyl adjacent to an activating group) is 1. The fourth-order valence-electron chi connectivity index (χ4n) is 3.45. The third kappa shape index (κ3) is 3.23. The molecule has 1 aliphatic carbocycles. The van der Waals surface area contributed by atoms with Crippen LogP contribution in [0.3, 0.4) is 0 Å². The molecule has 0 aromatic carbocycles. The maximum Gasteiger partial charge on any atom is 0.304 e. The number of hydrogen-bond acceptors (Lipinski definition) is 3. The van der Waals surface area contributed by atoms with Gasteiger partial charge in [0.15, 0.2) is 0 Å². The first-order valence-corrected chi connectivity index (χ1v) is 7.25. The highest BCUT2D eigenvalue weighted by Gasteiger charge is 2.35. The number of carboxylic acids is 1. The molecule has 2 atom stereocenters. The number of carboxylic acid groups (broad SMARTS) is 1. The molecule has 2 fully saturated rings. The van der Waals surface area contributed by atoms with E-state index in [-0.39, 0.29) is 12.5 Å². The summed E-state index contributed by atoms with van der Waals surface area (Å²) in [5.74, 6) is -0.663. The maximum atomic E-state index is 11.0. The SMILES string of the molecule is CC1CN(C2CCCCC2)C(CC(=O)O)CN1C. The van der Waals surface area contributed by atoms with Crippen LogP contribution in [0.25, 0.3) is 0 Å². The normalized spacial score (nSPS) is 32.6. The zero-order chi connectivity index (χ0) is 13.1. The molecular weight excluding hydrogens is 228 g/mol. The molecule has 1 saturated carbocycles. The summed E-state index contributed by atoms with van der Waals surface area (Å²) in [5.41, 5.74) is 0. The predicted molar refractivity (Wildman–Crippen MR) is 71.7 cm³/mol. The molecule has 2 unspecified atom stereocenters. The van der Waals surface area contributed by atoms with Crippen molar-refractivity contribution in [3.05, 3.63) is 0 Å². The first-order valence-electron chi connectivity index (χ1n) is 7.25. The molecule has 0 amide bonds. The minimum atomic E-state index is -0.663. The van der Waals surface area contributed by atoms with Gasteiger partial charge in [-0.05, 0) is 26.8 Å². The highest BCUT2D eigenvalue weighted by atomic mass is 16.4. The molecule has 0 spiro atoms. The van der Waals surface area contributed by atoms with Crippen molar-refractivity contribution >= 4 is 5.97 Å². The van der Waals surface area contributed by atoms with Crippen LogP contribution in [0, 0.1) is 0 Å². The second-order valence-electron chi connectivity index (χ2n) is 6.03. The smallest absolute Gasteiger partial charge is 0.304 e. The van der Waals surface area contributed by atoms with Crippen molar-refractivity contribution in [2.45, 2.75) is 63.6 Å². The van der Waals surface area contributed by atoms with Gasteiger partial charge in [-0.1, -0.05) is 19.3 Å². The Morgan fingerprint density at radius 3 is 2.50 bits per heavy atom. The molecule has 1 N–H and O–H groups in total. The lowest BCUT2D eigenvalue weighted by atomic mass is 9.91. The van der Waals surface area contributed by atoms with E-state index in [1.54, 1.807) is 0 Å². The van der Waals surface area contributed by atoms with Crippen LogP contribution in [0.15, 0.2) is 0 Å². The lowest BCUT2D eigenvalue weighted by molar-refractivity contribution is -0.139. The van der Waals surface area contributed by atoms with Crippen molar-refractivity contribution < 1.29 is 9.90 Å². The van der Waals surface area contributed by atoms with E-state index >= 15 is 0 Å². The standard InChI is InChI=1S/C14H26N2O2/c1-11-9-16(12-6-4-3-5-7-12)13(8-14(17)18)10-15(11)2/h11-13H,3-10H2,1-2H3,(H,17,18). The quantitative estimate of drug-likeness (QED) is 0.834. The van der Waals surface area contributed by atoms with Gasteiger partial charge in [-0.15, -0.1) is 0 Å². The molecule has 0 aromatic rings. The molecule has 4 heteroatoms. The molecule has 0 bridgehead atoms. The molecule has 1 saturated heterocycles. The van der Waals surface area contributed by atoms with Crippen molar-refractivity contribution in [1.82, 2.24) is 9.80 Å². The van der Waals surface area contributed by atoms with Crippen molar-refractivity contribution in [2.24, 2.45) is 0 Å². The lowest BCUT2D eigenvalue weighted by Crippen LogP contribution is -2.59. The summed E-state index contributed by atoms with van der Waals surface area (Å²) in [7, 11) is 2.11. The van der Waals surface area contributed by atoms with E-state index in [9.17, 15) is 4.79 Å². The van der Waals surface area contributed by atoms with Gasteiger partial charge < -0.3 is 10.0 Å². The van der Waals surface area contributed by atoms with Crippen LogP contribution < -0.4 is 0 Å². The Hall–Kier alpha value is -0.610. The number of piperazine rings is 1. The number of aliphatic carboxylic acids is 1. The molecule has 1 heterocycles. The fraction of sp³-hybridized carbons (Fsp3) is 0.929. The first-order chi connectivity index (χ1) is 8.58. The van der Waals surface area contributed by atoms with Crippen LogP contribution in [-0.4, -0.2) is 59.1 Å². The van der Waals surface area contributed by atoms with Gasteiger partial charge in [0.05, 0.1) is 6.42 Å². The van der Waals surface area contributed by atoms with Gasteiger partial charge in [-0.2, -0.15) is 0 Å². The molecule has 4 nitrogen and oxygen atoms in total. The summed E-state index contributed by atoms with van der Waals surface area (Å²) in [5, 5.41) is 9.09. The summed E-state index contributed by atoms with van der Waals surface area (Å²) in [6, 6.07) is 1.36. The molecule has 104 valence electrons. The van der Waals surface area contributed by atoms with E-state index in [0.717, 1.165) is 13.1 Å². The Labute approximate surface area is 110 Å². The number of hydrogen-bond donors (Lipinski definition) is 1. The average molecular weight is 254 g/mol. The van der Waals surface area contributed by atoms with Gasteiger partial charge in [0.1, 0.15) is 0 Å². The number of carbonyl (C=O) groups is 1. The zero-order valence-corrected chi connectivity index (χ0v) is 11.6. The Morgan fingerprint density at radius 2 is 1.89 bits per heavy atom. The summed E-state index contributed by atoms with van der Waals surface area (Å²) in [4.78, 5) is 15.8. The molecule has 18 heavy (non-hydrogen) atoms. The third-order valence-corrected chi connectivity index (χ3v) is 4.65. The summed E-state index contributed by atoms with van der Waals surface area (Å²) in [6.45, 7) is 4.16. The highest BCUT2D eigenvalue weighted by Crippen LogP contribution is 2.28. The third-order valence-electron chi connectivity index (χ3n) is 4.65. The fourth-order valence-corrected chi connectivity index (χ4v) is 3.45. The second-order valence-corrected chi connectivity index (χ2v) is 6.03. The van der Waals surface area contributed by atoms with Crippen molar-refractivity contribution in [3.63, 3.8) is 0 Å². The van der Waals surface area contributed by atoms with E-state index in [1.165, 1.54) is 32.1 Å². The van der Waals surface area contributed by atoms with Gasteiger partial charge >= 0.3 is 5.97 Å². The minimum absolute atomic E-state index is 0.201. The minimum Gasteiger partial charge on any atom is -0.481 e. The molecule has 1 aliphatic heterocycles. The molecule has 0 aromatic heterocycles. The molecule has 2 rings (SSSR count). The average Bonchev–Trinajstić information content (AvgIpc) is 2.34. The Morgan fingerprint density at radius 1 is 1.22 bits per heavy atom. The second kappa shape index (κ2) is 6.02. The zero-order valence-electron chi connectivity index (χ0n) is 11.6. The Kier molecular flexibility index (Phi) is 4.62. The number of nitrogens with zero attached hydrogens (tertiary/aromatic N) is 2. The van der Waals surface area contributed by atoms with Crippen molar-refractivity contribution in [1.29, 1.82) is 0 Å². The monoisotopic (exact) mass is 254 g/mol. The molecular formula is C14H26N2O2. The molecule has 0 radical (unpaired) electrons. The topological polar surface area (TPSA) is 43.8 Å². The van der Waals surface area contributed by atoms with Crippen LogP contribution in [0.2, 0.25) is 0 Å². The predicted octanol–water partition coefficient (Wildman–Crippen LogP) is 1.80. The molecule has 2 aliphatic rings. The lowest BCUT2D eigenvalue weighted by Gasteiger charge is -2.48. The van der Waals surface area contributed by atoms with Gasteiger partial charge in [-0.3, -0.25) is 9.69 Å². The van der Waals surface area contributed by atoms with E-state index in [2.05, 4.69) is 23.8 Å². The van der Waals surface area contributed by atoms with E-state index in [4.69, 9.17) is 5.11 Å². The number of rotatable bonds is 3. The highest BCUT2D eigenvalue weighted by molar-refractivity contribution is 5.67. The summed E-state index contributed by atoms with van der Waals surface area (Å²) < 4.78 is 0.